The molecule has 0 saturated heterocycles. The third-order valence-corrected chi connectivity index (χ3v) is 6.13. The lowest BCUT2D eigenvalue weighted by Gasteiger charge is -2.07. The summed E-state index contributed by atoms with van der Waals surface area (Å²) in [5, 5.41) is 2.66. The van der Waals surface area contributed by atoms with E-state index in [0.29, 0.717) is 37.8 Å². The molecule has 1 aromatic heterocycles. The van der Waals surface area contributed by atoms with Crippen LogP contribution in [0.2, 0.25) is 5.02 Å². The number of benzene rings is 4. The Morgan fingerprint density at radius 1 is 0.639 bits per heavy atom. The van der Waals surface area contributed by atoms with Gasteiger partial charge in [-0.05, 0) is 71.4 Å². The number of nitrogens with zero attached hydrogens (tertiary/aromatic N) is 1. The van der Waals surface area contributed by atoms with Crippen LogP contribution < -0.4 is 11.1 Å². The normalized spacial score (nSPS) is 10.9. The van der Waals surface area contributed by atoms with Crippen molar-refractivity contribution in [2.24, 2.45) is 0 Å². The minimum absolute atomic E-state index is 0.179. The van der Waals surface area contributed by atoms with E-state index in [1.807, 2.05) is 24.3 Å². The molecule has 0 spiro atoms. The van der Waals surface area contributed by atoms with Crippen LogP contribution in [0.1, 0.15) is 20.7 Å². The first-order valence-corrected chi connectivity index (χ1v) is 11.4. The van der Waals surface area contributed by atoms with Gasteiger partial charge in [0.25, 0.3) is 11.1 Å². The molecule has 36 heavy (non-hydrogen) atoms. The largest absolute Gasteiger partial charge is 0.454 e. The molecule has 0 unspecified atom stereocenters. The average Bonchev–Trinajstić information content (AvgIpc) is 3.00. The second kappa shape index (κ2) is 9.60. The predicted molar refractivity (Wildman–Crippen MR) is 139 cm³/mol. The highest BCUT2D eigenvalue weighted by Crippen LogP contribution is 2.20. The van der Waals surface area contributed by atoms with E-state index in [2.05, 4.69) is 0 Å². The van der Waals surface area contributed by atoms with Crippen molar-refractivity contribution in [3.05, 3.63) is 134 Å². The summed E-state index contributed by atoms with van der Waals surface area (Å²) >= 11 is 5.83. The molecule has 0 radical (unpaired) electrons. The number of ether oxygens (including phenoxy) is 1. The molecule has 0 fully saturated rings. The third kappa shape index (κ3) is 4.30. The lowest BCUT2D eigenvalue weighted by Crippen LogP contribution is -2.28. The number of hydrogen-bond acceptors (Lipinski definition) is 5. The van der Waals surface area contributed by atoms with Gasteiger partial charge in [-0.1, -0.05) is 48.0 Å². The zero-order valence-corrected chi connectivity index (χ0v) is 19.6. The summed E-state index contributed by atoms with van der Waals surface area (Å²) < 4.78 is 6.25. The molecule has 0 N–H and O–H groups in total. The number of rotatable bonds is 5. The molecule has 0 amide bonds. The van der Waals surface area contributed by atoms with E-state index in [4.69, 9.17) is 16.3 Å². The lowest BCUT2D eigenvalue weighted by molar-refractivity contribution is 0.0475. The Labute approximate surface area is 210 Å². The first-order chi connectivity index (χ1) is 17.4. The van der Waals surface area contributed by atoms with Gasteiger partial charge in [-0.15, -0.1) is 0 Å². The monoisotopic (exact) mass is 495 g/mol. The number of carbonyl (C=O) groups excluding carboxylic acids is 2. The summed E-state index contributed by atoms with van der Waals surface area (Å²) in [6.45, 7) is -0.432. The van der Waals surface area contributed by atoms with E-state index in [-0.39, 0.29) is 11.3 Å². The average molecular weight is 496 g/mol. The summed E-state index contributed by atoms with van der Waals surface area (Å²) in [6.07, 6.45) is 0. The zero-order chi connectivity index (χ0) is 25.2. The molecule has 0 aliphatic carbocycles. The molecule has 0 bridgehead atoms. The summed E-state index contributed by atoms with van der Waals surface area (Å²) in [7, 11) is 0. The number of hydrogen-bond donors (Lipinski definition) is 0. The van der Waals surface area contributed by atoms with Crippen molar-refractivity contribution in [3.8, 4) is 5.69 Å². The predicted octanol–water partition coefficient (Wildman–Crippen LogP) is 5.20. The van der Waals surface area contributed by atoms with Crippen LogP contribution in [0.3, 0.4) is 0 Å². The summed E-state index contributed by atoms with van der Waals surface area (Å²) in [5.41, 5.74) is -0.0591. The number of fused-ring (bicyclic) bond motifs is 3. The van der Waals surface area contributed by atoms with Gasteiger partial charge in [0.05, 0.1) is 11.3 Å². The Hall–Kier alpha value is -4.55. The van der Waals surface area contributed by atoms with Gasteiger partial charge in [0.15, 0.2) is 12.4 Å². The SMILES string of the molecule is O=C(COC(=O)c1ccc(-n2c(=O)c3ccccc3c3ccccc3c2=O)cc1)c1ccc(Cl)cc1. The number of Topliss-reactive ketones (excluding diaryl/α,β-unsaturated/α-hetero) is 1. The molecule has 0 saturated carbocycles. The molecule has 7 heteroatoms. The molecule has 5 rings (SSSR count). The van der Waals surface area contributed by atoms with E-state index < -0.39 is 23.7 Å². The summed E-state index contributed by atoms with van der Waals surface area (Å²) in [4.78, 5) is 51.6. The maximum Gasteiger partial charge on any atom is 0.338 e. The second-order valence-corrected chi connectivity index (χ2v) is 8.53. The van der Waals surface area contributed by atoms with Gasteiger partial charge in [0.1, 0.15) is 0 Å². The molecule has 4 aromatic carbocycles. The molecule has 1 heterocycles. The fraction of sp³-hybridized carbons (Fsp3) is 0.0345. The fourth-order valence-electron chi connectivity index (χ4n) is 4.06. The standard InChI is InChI=1S/C29H18ClNO5/c30-20-13-9-18(10-14-20)26(32)17-36-29(35)19-11-15-21(16-12-19)31-27(33)24-7-3-1-5-22(24)23-6-2-4-8-25(23)28(31)34/h1-16H,17H2. The molecular formula is C29H18ClNO5. The van der Waals surface area contributed by atoms with Crippen molar-refractivity contribution in [2.75, 3.05) is 6.61 Å². The van der Waals surface area contributed by atoms with Gasteiger partial charge in [0, 0.05) is 21.4 Å². The Morgan fingerprint density at radius 2 is 1.11 bits per heavy atom. The number of carbonyl (C=O) groups is 2. The third-order valence-electron chi connectivity index (χ3n) is 5.87. The van der Waals surface area contributed by atoms with Gasteiger partial charge in [-0.3, -0.25) is 14.4 Å². The molecule has 5 aromatic rings. The Morgan fingerprint density at radius 3 is 1.64 bits per heavy atom. The van der Waals surface area contributed by atoms with Crippen molar-refractivity contribution >= 4 is 44.9 Å². The summed E-state index contributed by atoms with van der Waals surface area (Å²) in [5.74, 6) is -1.07. The number of ketones is 1. The number of esters is 1. The van der Waals surface area contributed by atoms with Crippen molar-refractivity contribution in [3.63, 3.8) is 0 Å². The molecule has 0 aliphatic rings. The van der Waals surface area contributed by atoms with Gasteiger partial charge in [-0.2, -0.15) is 0 Å². The zero-order valence-electron chi connectivity index (χ0n) is 18.8. The molecular weight excluding hydrogens is 478 g/mol. The molecule has 176 valence electrons. The van der Waals surface area contributed by atoms with Crippen LogP contribution in [0.5, 0.6) is 0 Å². The first kappa shape index (κ1) is 23.2. The van der Waals surface area contributed by atoms with E-state index >= 15 is 0 Å². The molecule has 0 aliphatic heterocycles. The van der Waals surface area contributed by atoms with Crippen molar-refractivity contribution in [1.29, 1.82) is 0 Å². The fourth-order valence-corrected chi connectivity index (χ4v) is 4.18. The Balaban J connectivity index is 1.48. The van der Waals surface area contributed by atoms with Crippen LogP contribution >= 0.6 is 11.6 Å². The number of halogens is 1. The van der Waals surface area contributed by atoms with E-state index in [1.54, 1.807) is 48.5 Å². The minimum atomic E-state index is -0.701. The van der Waals surface area contributed by atoms with E-state index in [0.717, 1.165) is 4.57 Å². The molecule has 0 atom stereocenters. The minimum Gasteiger partial charge on any atom is -0.454 e. The Kier molecular flexibility index (Phi) is 6.19. The smallest absolute Gasteiger partial charge is 0.338 e. The van der Waals surface area contributed by atoms with Crippen LogP contribution in [0.15, 0.2) is 107 Å². The van der Waals surface area contributed by atoms with Crippen LogP contribution in [0, 0.1) is 0 Å². The summed E-state index contributed by atoms with van der Waals surface area (Å²) in [6, 6.07) is 26.3. The van der Waals surface area contributed by atoms with Gasteiger partial charge in [0.2, 0.25) is 0 Å². The van der Waals surface area contributed by atoms with Gasteiger partial charge >= 0.3 is 5.97 Å². The van der Waals surface area contributed by atoms with E-state index in [9.17, 15) is 19.2 Å². The van der Waals surface area contributed by atoms with Crippen molar-refractivity contribution in [1.82, 2.24) is 4.57 Å². The van der Waals surface area contributed by atoms with Crippen molar-refractivity contribution < 1.29 is 14.3 Å². The maximum atomic E-state index is 13.4. The first-order valence-electron chi connectivity index (χ1n) is 11.1. The number of aromatic nitrogens is 1. The van der Waals surface area contributed by atoms with Crippen LogP contribution in [-0.2, 0) is 4.74 Å². The second-order valence-electron chi connectivity index (χ2n) is 8.09. The topological polar surface area (TPSA) is 82.4 Å². The van der Waals surface area contributed by atoms with Crippen LogP contribution in [0.4, 0.5) is 0 Å². The maximum absolute atomic E-state index is 13.4. The highest BCUT2D eigenvalue weighted by molar-refractivity contribution is 6.30. The van der Waals surface area contributed by atoms with Crippen molar-refractivity contribution in [2.45, 2.75) is 0 Å². The quantitative estimate of drug-likeness (QED) is 0.247. The van der Waals surface area contributed by atoms with Crippen LogP contribution in [-0.4, -0.2) is 22.9 Å². The van der Waals surface area contributed by atoms with Gasteiger partial charge < -0.3 is 4.74 Å². The Bertz CT molecular complexity index is 1680. The highest BCUT2D eigenvalue weighted by Gasteiger charge is 2.15. The lowest BCUT2D eigenvalue weighted by atomic mass is 10.1. The van der Waals surface area contributed by atoms with E-state index in [1.165, 1.54) is 24.3 Å². The van der Waals surface area contributed by atoms with Crippen LogP contribution in [0.25, 0.3) is 27.2 Å². The van der Waals surface area contributed by atoms with Gasteiger partial charge in [-0.25, -0.2) is 9.36 Å². The molecule has 6 nitrogen and oxygen atoms in total. The highest BCUT2D eigenvalue weighted by atomic mass is 35.5.